The molecular formula is C18H20ClFN6O3. The maximum atomic E-state index is 14.4. The van der Waals surface area contributed by atoms with Gasteiger partial charge in [-0.15, -0.1) is 0 Å². The van der Waals surface area contributed by atoms with Crippen molar-refractivity contribution in [2.45, 2.75) is 25.5 Å². The van der Waals surface area contributed by atoms with Crippen LogP contribution in [0.5, 0.6) is 0 Å². The number of aromatic nitrogens is 3. The first-order chi connectivity index (χ1) is 13.7. The maximum absolute atomic E-state index is 14.4. The van der Waals surface area contributed by atoms with Crippen molar-refractivity contribution in [1.29, 1.82) is 0 Å². The van der Waals surface area contributed by atoms with E-state index in [1.807, 2.05) is 6.92 Å². The number of piperidine rings is 1. The highest BCUT2D eigenvalue weighted by Crippen LogP contribution is 2.55. The molecule has 2 fully saturated rings. The summed E-state index contributed by atoms with van der Waals surface area (Å²) >= 11 is 6.12. The number of nitrogens with one attached hydrogen (secondary N) is 2. The van der Waals surface area contributed by atoms with Crippen molar-refractivity contribution in [3.63, 3.8) is 0 Å². The number of carbonyl (C=O) groups is 1. The van der Waals surface area contributed by atoms with Gasteiger partial charge < -0.3 is 25.7 Å². The van der Waals surface area contributed by atoms with E-state index in [-0.39, 0.29) is 28.6 Å². The molecule has 1 aliphatic carbocycles. The number of anilines is 3. The molecule has 1 amide bonds. The number of aliphatic hydroxyl groups is 1. The Morgan fingerprint density at radius 2 is 2.21 bits per heavy atom. The number of nitrogens with zero attached hydrogens (tertiary/aromatic N) is 4. The van der Waals surface area contributed by atoms with Crippen LogP contribution in [0.15, 0.2) is 18.5 Å². The lowest BCUT2D eigenvalue weighted by molar-refractivity contribution is 0.187. The van der Waals surface area contributed by atoms with Gasteiger partial charge in [-0.25, -0.2) is 14.2 Å². The predicted octanol–water partition coefficient (Wildman–Crippen LogP) is 2.55. The summed E-state index contributed by atoms with van der Waals surface area (Å²) in [7, 11) is 0. The van der Waals surface area contributed by atoms with E-state index in [0.717, 1.165) is 6.20 Å². The van der Waals surface area contributed by atoms with Crippen molar-refractivity contribution in [3.8, 4) is 0 Å². The van der Waals surface area contributed by atoms with E-state index in [2.05, 4.69) is 25.6 Å². The second kappa shape index (κ2) is 6.96. The standard InChI is InChI=1S/C18H20ClFN6O3/c1-8-11-6-26(7-18(8,11)25-17(28)29)15-13(20)5-22-16(24-15)23-10-3-12(19)14(9(2)27)21-4-10/h3-5,8-9,11,25,27H,6-7H2,1-2H3,(H,28,29)(H,22,23,24)/t8-,9-,11+,18-/m0/s1. The third-order valence-corrected chi connectivity index (χ3v) is 6.03. The minimum Gasteiger partial charge on any atom is -0.465 e. The normalized spacial score (nSPS) is 26.0. The lowest BCUT2D eigenvalue weighted by Crippen LogP contribution is -2.43. The van der Waals surface area contributed by atoms with Gasteiger partial charge in [-0.05, 0) is 18.9 Å². The minimum atomic E-state index is -1.09. The van der Waals surface area contributed by atoms with Crippen molar-refractivity contribution in [3.05, 3.63) is 35.0 Å². The number of halogens is 2. The van der Waals surface area contributed by atoms with Crippen LogP contribution in [-0.2, 0) is 0 Å². The zero-order chi connectivity index (χ0) is 20.9. The molecule has 2 aromatic rings. The average Bonchev–Trinajstić information content (AvgIpc) is 2.98. The molecule has 2 aromatic heterocycles. The van der Waals surface area contributed by atoms with Gasteiger partial charge in [0.05, 0.1) is 40.4 Å². The number of hydrogen-bond donors (Lipinski definition) is 4. The maximum Gasteiger partial charge on any atom is 0.405 e. The molecule has 1 aliphatic heterocycles. The molecule has 1 saturated carbocycles. The van der Waals surface area contributed by atoms with Crippen molar-refractivity contribution >= 4 is 35.1 Å². The fourth-order valence-corrected chi connectivity index (χ4v) is 4.45. The molecule has 4 N–H and O–H groups in total. The molecule has 0 aromatic carbocycles. The summed E-state index contributed by atoms with van der Waals surface area (Å²) in [6.45, 7) is 4.39. The summed E-state index contributed by atoms with van der Waals surface area (Å²) < 4.78 is 14.4. The predicted molar refractivity (Wildman–Crippen MR) is 104 cm³/mol. The number of hydrogen-bond acceptors (Lipinski definition) is 7. The zero-order valence-electron chi connectivity index (χ0n) is 15.7. The number of rotatable bonds is 5. The van der Waals surface area contributed by atoms with Gasteiger partial charge >= 0.3 is 6.09 Å². The van der Waals surface area contributed by atoms with E-state index in [0.29, 0.717) is 24.5 Å². The summed E-state index contributed by atoms with van der Waals surface area (Å²) in [4.78, 5) is 25.2. The first-order valence-corrected chi connectivity index (χ1v) is 9.48. The van der Waals surface area contributed by atoms with E-state index in [1.165, 1.54) is 6.20 Å². The molecule has 1 saturated heterocycles. The molecule has 2 aliphatic rings. The lowest BCUT2D eigenvalue weighted by atomic mass is 10.2. The number of aliphatic hydroxyl groups excluding tert-OH is 1. The summed E-state index contributed by atoms with van der Waals surface area (Å²) in [5, 5.41) is 24.5. The second-order valence-corrected chi connectivity index (χ2v) is 7.91. The third kappa shape index (κ3) is 3.42. The zero-order valence-corrected chi connectivity index (χ0v) is 16.5. The smallest absolute Gasteiger partial charge is 0.405 e. The van der Waals surface area contributed by atoms with E-state index >= 15 is 0 Å². The second-order valence-electron chi connectivity index (χ2n) is 7.50. The highest BCUT2D eigenvalue weighted by Gasteiger charge is 2.68. The van der Waals surface area contributed by atoms with Crippen LogP contribution < -0.4 is 15.5 Å². The Labute approximate surface area is 170 Å². The highest BCUT2D eigenvalue weighted by atomic mass is 35.5. The molecule has 154 valence electrons. The van der Waals surface area contributed by atoms with Crippen LogP contribution in [0.25, 0.3) is 0 Å². The van der Waals surface area contributed by atoms with Gasteiger partial charge in [-0.3, -0.25) is 4.98 Å². The molecular weight excluding hydrogens is 403 g/mol. The first-order valence-electron chi connectivity index (χ1n) is 9.10. The molecule has 0 spiro atoms. The topological polar surface area (TPSA) is 124 Å². The fourth-order valence-electron chi connectivity index (χ4n) is 4.13. The SMILES string of the molecule is C[C@H](O)c1ncc(Nc2ncc(F)c(N3C[C@@H]4[C@H](C)[C@@]4(NC(=O)O)C3)n2)cc1Cl. The largest absolute Gasteiger partial charge is 0.465 e. The van der Waals surface area contributed by atoms with E-state index in [1.54, 1.807) is 17.9 Å². The Morgan fingerprint density at radius 1 is 1.45 bits per heavy atom. The Morgan fingerprint density at radius 3 is 2.86 bits per heavy atom. The first kappa shape index (κ1) is 19.6. The average molecular weight is 423 g/mol. The van der Waals surface area contributed by atoms with Crippen molar-refractivity contribution in [1.82, 2.24) is 20.3 Å². The number of pyridine rings is 1. The van der Waals surface area contributed by atoms with Crippen molar-refractivity contribution in [2.24, 2.45) is 11.8 Å². The summed E-state index contributed by atoms with van der Waals surface area (Å²) in [6.07, 6.45) is 0.644. The molecule has 4 atom stereocenters. The molecule has 0 radical (unpaired) electrons. The van der Waals surface area contributed by atoms with Crippen molar-refractivity contribution in [2.75, 3.05) is 23.3 Å². The van der Waals surface area contributed by atoms with E-state index < -0.39 is 23.6 Å². The summed E-state index contributed by atoms with van der Waals surface area (Å²) in [5.74, 6) is -0.0278. The van der Waals surface area contributed by atoms with Gasteiger partial charge in [0.15, 0.2) is 11.6 Å². The van der Waals surface area contributed by atoms with Gasteiger partial charge in [0.2, 0.25) is 5.95 Å². The highest BCUT2D eigenvalue weighted by molar-refractivity contribution is 6.31. The molecule has 0 bridgehead atoms. The minimum absolute atomic E-state index is 0.105. The van der Waals surface area contributed by atoms with Crippen LogP contribution in [0.3, 0.4) is 0 Å². The number of carboxylic acid groups (broad SMARTS) is 1. The molecule has 29 heavy (non-hydrogen) atoms. The van der Waals surface area contributed by atoms with Gasteiger partial charge in [-0.1, -0.05) is 18.5 Å². The quantitative estimate of drug-likeness (QED) is 0.579. The van der Waals surface area contributed by atoms with Crippen LogP contribution in [0.2, 0.25) is 5.02 Å². The lowest BCUT2D eigenvalue weighted by Gasteiger charge is -2.24. The summed E-state index contributed by atoms with van der Waals surface area (Å²) in [5.41, 5.74) is 0.267. The Kier molecular flexibility index (Phi) is 4.70. The van der Waals surface area contributed by atoms with E-state index in [4.69, 9.17) is 16.7 Å². The van der Waals surface area contributed by atoms with Crippen LogP contribution in [0, 0.1) is 17.7 Å². The van der Waals surface area contributed by atoms with Crippen LogP contribution in [-0.4, -0.2) is 49.9 Å². The molecule has 9 nitrogen and oxygen atoms in total. The Balaban J connectivity index is 1.53. The number of amides is 1. The van der Waals surface area contributed by atoms with Crippen LogP contribution in [0.4, 0.5) is 26.6 Å². The van der Waals surface area contributed by atoms with Crippen LogP contribution in [0.1, 0.15) is 25.6 Å². The molecule has 11 heteroatoms. The van der Waals surface area contributed by atoms with Gasteiger partial charge in [-0.2, -0.15) is 4.98 Å². The molecule has 0 unspecified atom stereocenters. The third-order valence-electron chi connectivity index (χ3n) is 5.72. The van der Waals surface area contributed by atoms with Gasteiger partial charge in [0.1, 0.15) is 0 Å². The summed E-state index contributed by atoms with van der Waals surface area (Å²) in [6, 6.07) is 1.57. The fraction of sp³-hybridized carbons (Fsp3) is 0.444. The van der Waals surface area contributed by atoms with Crippen LogP contribution >= 0.6 is 11.6 Å². The van der Waals surface area contributed by atoms with Crippen molar-refractivity contribution < 1.29 is 19.4 Å². The van der Waals surface area contributed by atoms with E-state index in [9.17, 15) is 14.3 Å². The van der Waals surface area contributed by atoms with Gasteiger partial charge in [0, 0.05) is 19.0 Å². The molecule has 4 rings (SSSR count). The molecule has 3 heterocycles. The number of fused-ring (bicyclic) bond motifs is 1. The Hall–Kier alpha value is -2.72. The monoisotopic (exact) mass is 422 g/mol. The van der Waals surface area contributed by atoms with Gasteiger partial charge in [0.25, 0.3) is 0 Å². The Bertz CT molecular complexity index is 977.